The minimum atomic E-state index is -1.06. The third-order valence-corrected chi connectivity index (χ3v) is 3.58. The van der Waals surface area contributed by atoms with Crippen molar-refractivity contribution in [3.8, 4) is 0 Å². The summed E-state index contributed by atoms with van der Waals surface area (Å²) in [6.45, 7) is 9.19. The number of nitrogens with one attached hydrogen (secondary N) is 2. The van der Waals surface area contributed by atoms with E-state index in [9.17, 15) is 14.4 Å². The quantitative estimate of drug-likeness (QED) is 0.714. The first-order valence-corrected chi connectivity index (χ1v) is 8.06. The number of anilines is 1. The standard InChI is InChI=1S/C18H26N2O4/c1-10(2)8-15(21)19-14-7-6-13(9-12(14)5)17(22)20-16(11(3)4)18(23)24/h6-7,9-11,16H,8H2,1-5H3,(H,19,21)(H,20,22)(H,23,24). The average Bonchev–Trinajstić information content (AvgIpc) is 2.44. The van der Waals surface area contributed by atoms with E-state index in [1.54, 1.807) is 39.0 Å². The summed E-state index contributed by atoms with van der Waals surface area (Å²) in [5, 5.41) is 14.5. The highest BCUT2D eigenvalue weighted by molar-refractivity contribution is 5.98. The van der Waals surface area contributed by atoms with E-state index < -0.39 is 17.9 Å². The van der Waals surface area contributed by atoms with Gasteiger partial charge in [0, 0.05) is 17.7 Å². The van der Waals surface area contributed by atoms with Gasteiger partial charge in [-0.05, 0) is 42.5 Å². The van der Waals surface area contributed by atoms with Gasteiger partial charge in [0.05, 0.1) is 0 Å². The summed E-state index contributed by atoms with van der Waals surface area (Å²) in [7, 11) is 0. The Kier molecular flexibility index (Phi) is 6.95. The number of carbonyl (C=O) groups is 3. The van der Waals surface area contributed by atoms with Gasteiger partial charge < -0.3 is 15.7 Å². The molecule has 132 valence electrons. The molecule has 2 amide bonds. The summed E-state index contributed by atoms with van der Waals surface area (Å²) < 4.78 is 0. The number of benzene rings is 1. The van der Waals surface area contributed by atoms with Gasteiger partial charge in [-0.3, -0.25) is 9.59 Å². The molecule has 1 rings (SSSR count). The molecule has 0 radical (unpaired) electrons. The Hall–Kier alpha value is -2.37. The van der Waals surface area contributed by atoms with Gasteiger partial charge in [-0.15, -0.1) is 0 Å². The van der Waals surface area contributed by atoms with Crippen LogP contribution in [0.4, 0.5) is 5.69 Å². The van der Waals surface area contributed by atoms with Crippen molar-refractivity contribution in [2.75, 3.05) is 5.32 Å². The summed E-state index contributed by atoms with van der Waals surface area (Å²) in [6.07, 6.45) is 0.427. The molecule has 0 saturated heterocycles. The molecule has 0 aliphatic carbocycles. The lowest BCUT2D eigenvalue weighted by atomic mass is 10.0. The first-order valence-electron chi connectivity index (χ1n) is 8.06. The predicted molar refractivity (Wildman–Crippen MR) is 93.0 cm³/mol. The number of hydrogen-bond donors (Lipinski definition) is 3. The zero-order chi connectivity index (χ0) is 18.4. The zero-order valence-corrected chi connectivity index (χ0v) is 14.8. The van der Waals surface area contributed by atoms with E-state index in [1.165, 1.54) is 0 Å². The summed E-state index contributed by atoms with van der Waals surface area (Å²) in [5.41, 5.74) is 1.76. The van der Waals surface area contributed by atoms with Crippen LogP contribution in [0.1, 0.15) is 50.0 Å². The van der Waals surface area contributed by atoms with E-state index >= 15 is 0 Å². The molecule has 1 aromatic carbocycles. The molecular weight excluding hydrogens is 308 g/mol. The molecule has 0 heterocycles. The van der Waals surface area contributed by atoms with Crippen LogP contribution in [0.25, 0.3) is 0 Å². The summed E-state index contributed by atoms with van der Waals surface area (Å²) >= 11 is 0. The van der Waals surface area contributed by atoms with E-state index in [0.29, 0.717) is 17.7 Å². The average molecular weight is 334 g/mol. The fraction of sp³-hybridized carbons (Fsp3) is 0.500. The fourth-order valence-electron chi connectivity index (χ4n) is 2.26. The van der Waals surface area contributed by atoms with Crippen LogP contribution in [0.15, 0.2) is 18.2 Å². The smallest absolute Gasteiger partial charge is 0.326 e. The Bertz CT molecular complexity index is 623. The highest BCUT2D eigenvalue weighted by atomic mass is 16.4. The first kappa shape index (κ1) is 19.7. The fourth-order valence-corrected chi connectivity index (χ4v) is 2.26. The van der Waals surface area contributed by atoms with Gasteiger partial charge in [0.25, 0.3) is 5.91 Å². The van der Waals surface area contributed by atoms with Gasteiger partial charge in [-0.25, -0.2) is 4.79 Å². The largest absolute Gasteiger partial charge is 0.480 e. The Morgan fingerprint density at radius 3 is 2.21 bits per heavy atom. The lowest BCUT2D eigenvalue weighted by molar-refractivity contribution is -0.140. The van der Waals surface area contributed by atoms with E-state index in [2.05, 4.69) is 10.6 Å². The molecule has 1 unspecified atom stereocenters. The van der Waals surface area contributed by atoms with E-state index in [1.807, 2.05) is 13.8 Å². The third kappa shape index (κ3) is 5.68. The number of carboxylic acid groups (broad SMARTS) is 1. The number of aliphatic carboxylic acids is 1. The van der Waals surface area contributed by atoms with Crippen molar-refractivity contribution in [2.45, 2.75) is 47.1 Å². The minimum absolute atomic E-state index is 0.0731. The highest BCUT2D eigenvalue weighted by Gasteiger charge is 2.24. The Morgan fingerprint density at radius 2 is 1.75 bits per heavy atom. The van der Waals surface area contributed by atoms with Crippen LogP contribution in [-0.4, -0.2) is 28.9 Å². The molecule has 0 fully saturated rings. The summed E-state index contributed by atoms with van der Waals surface area (Å²) in [5.74, 6) is -1.54. The lowest BCUT2D eigenvalue weighted by Gasteiger charge is -2.18. The first-order chi connectivity index (χ1) is 11.1. The molecule has 3 N–H and O–H groups in total. The van der Waals surface area contributed by atoms with Crippen LogP contribution in [0, 0.1) is 18.8 Å². The molecule has 0 saturated carbocycles. The number of aryl methyl sites for hydroxylation is 1. The van der Waals surface area contributed by atoms with Crippen LogP contribution < -0.4 is 10.6 Å². The maximum atomic E-state index is 12.2. The molecule has 0 aliphatic heterocycles. The second-order valence-corrected chi connectivity index (χ2v) is 6.71. The number of hydrogen-bond acceptors (Lipinski definition) is 3. The molecule has 1 atom stereocenters. The molecule has 0 bridgehead atoms. The second kappa shape index (κ2) is 8.47. The van der Waals surface area contributed by atoms with Gasteiger partial charge in [0.15, 0.2) is 0 Å². The Morgan fingerprint density at radius 1 is 1.12 bits per heavy atom. The molecule has 0 aromatic heterocycles. The minimum Gasteiger partial charge on any atom is -0.480 e. The van der Waals surface area contributed by atoms with Crippen LogP contribution in [0.5, 0.6) is 0 Å². The molecule has 0 aliphatic rings. The van der Waals surface area contributed by atoms with Crippen LogP contribution in [-0.2, 0) is 9.59 Å². The zero-order valence-electron chi connectivity index (χ0n) is 14.8. The van der Waals surface area contributed by atoms with Crippen LogP contribution in [0.2, 0.25) is 0 Å². The number of rotatable bonds is 7. The topological polar surface area (TPSA) is 95.5 Å². The Labute approximate surface area is 142 Å². The lowest BCUT2D eigenvalue weighted by Crippen LogP contribution is -2.44. The van der Waals surface area contributed by atoms with Crippen molar-refractivity contribution < 1.29 is 19.5 Å². The normalized spacial score (nSPS) is 12.1. The van der Waals surface area contributed by atoms with Crippen molar-refractivity contribution in [3.05, 3.63) is 29.3 Å². The van der Waals surface area contributed by atoms with Gasteiger partial charge in [-0.2, -0.15) is 0 Å². The maximum absolute atomic E-state index is 12.2. The number of carbonyl (C=O) groups excluding carboxylic acids is 2. The Balaban J connectivity index is 2.85. The van der Waals surface area contributed by atoms with Gasteiger partial charge in [0.1, 0.15) is 6.04 Å². The molecule has 6 nitrogen and oxygen atoms in total. The summed E-state index contributed by atoms with van der Waals surface area (Å²) in [4.78, 5) is 35.2. The van der Waals surface area contributed by atoms with Gasteiger partial charge >= 0.3 is 5.97 Å². The van der Waals surface area contributed by atoms with Crippen molar-refractivity contribution >= 4 is 23.5 Å². The van der Waals surface area contributed by atoms with Gasteiger partial charge in [0.2, 0.25) is 5.91 Å². The second-order valence-electron chi connectivity index (χ2n) is 6.71. The number of carboxylic acids is 1. The van der Waals surface area contributed by atoms with E-state index in [4.69, 9.17) is 5.11 Å². The molecule has 0 spiro atoms. The highest BCUT2D eigenvalue weighted by Crippen LogP contribution is 2.18. The van der Waals surface area contributed by atoms with Crippen molar-refractivity contribution in [3.63, 3.8) is 0 Å². The monoisotopic (exact) mass is 334 g/mol. The molecule has 24 heavy (non-hydrogen) atoms. The summed E-state index contributed by atoms with van der Waals surface area (Å²) in [6, 6.07) is 3.93. The SMILES string of the molecule is Cc1cc(C(=O)NC(C(=O)O)C(C)C)ccc1NC(=O)CC(C)C. The molecule has 1 aromatic rings. The number of amides is 2. The van der Waals surface area contributed by atoms with Crippen LogP contribution >= 0.6 is 0 Å². The predicted octanol–water partition coefficient (Wildman–Crippen LogP) is 2.82. The van der Waals surface area contributed by atoms with Crippen molar-refractivity contribution in [2.24, 2.45) is 11.8 Å². The van der Waals surface area contributed by atoms with Gasteiger partial charge in [-0.1, -0.05) is 27.7 Å². The molecule has 6 heteroatoms. The van der Waals surface area contributed by atoms with E-state index in [0.717, 1.165) is 5.56 Å². The molecular formula is C18H26N2O4. The van der Waals surface area contributed by atoms with Crippen molar-refractivity contribution in [1.82, 2.24) is 5.32 Å². The van der Waals surface area contributed by atoms with E-state index in [-0.39, 0.29) is 17.7 Å². The third-order valence-electron chi connectivity index (χ3n) is 3.58. The van der Waals surface area contributed by atoms with Crippen molar-refractivity contribution in [1.29, 1.82) is 0 Å². The van der Waals surface area contributed by atoms with Crippen LogP contribution in [0.3, 0.4) is 0 Å². The maximum Gasteiger partial charge on any atom is 0.326 e.